The lowest BCUT2D eigenvalue weighted by molar-refractivity contribution is -0.118. The minimum absolute atomic E-state index is 0.0433. The molecule has 0 aliphatic rings. The molecule has 3 aromatic carbocycles. The molecule has 2 N–H and O–H groups in total. The van der Waals surface area contributed by atoms with E-state index in [0.29, 0.717) is 12.3 Å². The third kappa shape index (κ3) is 5.76. The van der Waals surface area contributed by atoms with E-state index in [9.17, 15) is 4.79 Å². The average molecular weight is 395 g/mol. The van der Waals surface area contributed by atoms with Crippen molar-refractivity contribution in [1.82, 2.24) is 0 Å². The van der Waals surface area contributed by atoms with Crippen molar-refractivity contribution < 1.29 is 9.53 Å². The Morgan fingerprint density at radius 3 is 2.57 bits per heavy atom. The van der Waals surface area contributed by atoms with Crippen molar-refractivity contribution in [3.8, 4) is 5.75 Å². The first kappa shape index (κ1) is 19.8. The van der Waals surface area contributed by atoms with Crippen LogP contribution in [-0.2, 0) is 11.3 Å². The third-order valence-electron chi connectivity index (χ3n) is 4.24. The second-order valence-corrected chi connectivity index (χ2v) is 7.08. The van der Waals surface area contributed by atoms with Crippen molar-refractivity contribution in [2.75, 3.05) is 17.2 Å². The third-order valence-corrected chi connectivity index (χ3v) is 4.65. The topological polar surface area (TPSA) is 50.4 Å². The lowest BCUT2D eigenvalue weighted by atomic mass is 10.2. The second-order valence-electron chi connectivity index (χ2n) is 6.67. The van der Waals surface area contributed by atoms with Crippen LogP contribution in [0.5, 0.6) is 5.75 Å². The van der Waals surface area contributed by atoms with E-state index in [0.717, 1.165) is 33.1 Å². The van der Waals surface area contributed by atoms with Gasteiger partial charge >= 0.3 is 0 Å². The van der Waals surface area contributed by atoms with E-state index >= 15 is 0 Å². The number of benzene rings is 3. The number of halogens is 1. The number of aryl methyl sites for hydroxylation is 2. The summed E-state index contributed by atoms with van der Waals surface area (Å²) in [6.07, 6.45) is 0. The van der Waals surface area contributed by atoms with Crippen molar-refractivity contribution in [3.63, 3.8) is 0 Å². The maximum atomic E-state index is 12.1. The van der Waals surface area contributed by atoms with Crippen molar-refractivity contribution in [3.05, 3.63) is 88.4 Å². The zero-order chi connectivity index (χ0) is 19.9. The van der Waals surface area contributed by atoms with Crippen LogP contribution in [0.3, 0.4) is 0 Å². The minimum atomic E-state index is -0.191. The summed E-state index contributed by atoms with van der Waals surface area (Å²) in [6.45, 7) is 4.54. The fourth-order valence-corrected chi connectivity index (χ4v) is 2.90. The SMILES string of the molecule is Cc1cccc(NC(=O)COc2cccc(CNc3ccc(C)c(Cl)c3)c2)c1. The van der Waals surface area contributed by atoms with E-state index in [1.54, 1.807) is 0 Å². The van der Waals surface area contributed by atoms with Gasteiger partial charge in [-0.15, -0.1) is 0 Å². The fourth-order valence-electron chi connectivity index (χ4n) is 2.72. The number of carbonyl (C=O) groups is 1. The molecule has 0 saturated carbocycles. The molecule has 0 fully saturated rings. The highest BCUT2D eigenvalue weighted by Gasteiger charge is 2.05. The van der Waals surface area contributed by atoms with Crippen molar-refractivity contribution in [2.45, 2.75) is 20.4 Å². The lowest BCUT2D eigenvalue weighted by Crippen LogP contribution is -2.20. The van der Waals surface area contributed by atoms with Gasteiger partial charge in [0.05, 0.1) is 0 Å². The molecule has 0 radical (unpaired) electrons. The summed E-state index contributed by atoms with van der Waals surface area (Å²) < 4.78 is 5.64. The highest BCUT2D eigenvalue weighted by atomic mass is 35.5. The van der Waals surface area contributed by atoms with E-state index < -0.39 is 0 Å². The van der Waals surface area contributed by atoms with Crippen molar-refractivity contribution in [1.29, 1.82) is 0 Å². The Balaban J connectivity index is 1.52. The van der Waals surface area contributed by atoms with Gasteiger partial charge in [0.25, 0.3) is 5.91 Å². The molecule has 4 nitrogen and oxygen atoms in total. The van der Waals surface area contributed by atoms with Crippen LogP contribution in [-0.4, -0.2) is 12.5 Å². The summed E-state index contributed by atoms with van der Waals surface area (Å²) in [5.41, 5.74) is 4.91. The van der Waals surface area contributed by atoms with Gasteiger partial charge in [0.15, 0.2) is 6.61 Å². The first-order valence-corrected chi connectivity index (χ1v) is 9.46. The number of anilines is 2. The number of hydrogen-bond donors (Lipinski definition) is 2. The quantitative estimate of drug-likeness (QED) is 0.549. The first-order chi connectivity index (χ1) is 13.5. The molecule has 144 valence electrons. The predicted octanol–water partition coefficient (Wildman–Crippen LogP) is 5.59. The Labute approximate surface area is 170 Å². The van der Waals surface area contributed by atoms with E-state index in [1.165, 1.54) is 0 Å². The van der Waals surface area contributed by atoms with Crippen molar-refractivity contribution in [2.24, 2.45) is 0 Å². The number of amides is 1. The average Bonchev–Trinajstić information content (AvgIpc) is 2.68. The van der Waals surface area contributed by atoms with Gasteiger partial charge in [-0.05, 0) is 66.9 Å². The molecule has 0 bridgehead atoms. The molecule has 0 aliphatic heterocycles. The van der Waals surface area contributed by atoms with Crippen LogP contribution in [0.2, 0.25) is 5.02 Å². The Hall–Kier alpha value is -2.98. The number of ether oxygens (including phenoxy) is 1. The minimum Gasteiger partial charge on any atom is -0.484 e. The molecule has 0 unspecified atom stereocenters. The summed E-state index contributed by atoms with van der Waals surface area (Å²) in [6, 6.07) is 21.2. The molecule has 0 aromatic heterocycles. The summed E-state index contributed by atoms with van der Waals surface area (Å²) in [4.78, 5) is 12.1. The summed E-state index contributed by atoms with van der Waals surface area (Å²) in [7, 11) is 0. The van der Waals surface area contributed by atoms with Gasteiger partial charge < -0.3 is 15.4 Å². The number of nitrogens with one attached hydrogen (secondary N) is 2. The second kappa shape index (κ2) is 9.29. The van der Waals surface area contributed by atoms with Gasteiger partial charge in [-0.2, -0.15) is 0 Å². The lowest BCUT2D eigenvalue weighted by Gasteiger charge is -2.11. The monoisotopic (exact) mass is 394 g/mol. The van der Waals surface area contributed by atoms with Crippen LogP contribution >= 0.6 is 11.6 Å². The number of carbonyl (C=O) groups excluding carboxylic acids is 1. The van der Waals surface area contributed by atoms with Crippen molar-refractivity contribution >= 4 is 28.9 Å². The zero-order valence-electron chi connectivity index (χ0n) is 16.0. The Morgan fingerprint density at radius 1 is 0.964 bits per heavy atom. The molecule has 0 atom stereocenters. The molecule has 0 aliphatic carbocycles. The number of hydrogen-bond acceptors (Lipinski definition) is 3. The van der Waals surface area contributed by atoms with E-state index in [2.05, 4.69) is 10.6 Å². The van der Waals surface area contributed by atoms with E-state index in [4.69, 9.17) is 16.3 Å². The van der Waals surface area contributed by atoms with Gasteiger partial charge in [-0.3, -0.25) is 4.79 Å². The highest BCUT2D eigenvalue weighted by Crippen LogP contribution is 2.21. The summed E-state index contributed by atoms with van der Waals surface area (Å²) in [5, 5.41) is 6.91. The molecule has 1 amide bonds. The smallest absolute Gasteiger partial charge is 0.262 e. The molecule has 0 saturated heterocycles. The van der Waals surface area contributed by atoms with E-state index in [-0.39, 0.29) is 12.5 Å². The Morgan fingerprint density at radius 2 is 1.79 bits per heavy atom. The van der Waals surface area contributed by atoms with Gasteiger partial charge in [0.1, 0.15) is 5.75 Å². The zero-order valence-corrected chi connectivity index (χ0v) is 16.7. The van der Waals surface area contributed by atoms with E-state index in [1.807, 2.05) is 80.6 Å². The van der Waals surface area contributed by atoms with Gasteiger partial charge in [-0.1, -0.05) is 41.9 Å². The Kier molecular flexibility index (Phi) is 6.56. The summed E-state index contributed by atoms with van der Waals surface area (Å²) in [5.74, 6) is 0.462. The highest BCUT2D eigenvalue weighted by molar-refractivity contribution is 6.31. The van der Waals surface area contributed by atoms with Crippen LogP contribution in [0.4, 0.5) is 11.4 Å². The van der Waals surface area contributed by atoms with Crippen LogP contribution in [0.1, 0.15) is 16.7 Å². The van der Waals surface area contributed by atoms with Crippen LogP contribution in [0, 0.1) is 13.8 Å². The largest absolute Gasteiger partial charge is 0.484 e. The molecule has 0 heterocycles. The first-order valence-electron chi connectivity index (χ1n) is 9.08. The standard InChI is InChI=1S/C23H23ClN2O2/c1-16-5-3-7-20(11-16)26-23(27)15-28-21-8-4-6-18(12-21)14-25-19-10-9-17(2)22(24)13-19/h3-13,25H,14-15H2,1-2H3,(H,26,27). The molecule has 3 rings (SSSR count). The van der Waals surface area contributed by atoms with Gasteiger partial charge in [0.2, 0.25) is 0 Å². The molecular formula is C23H23ClN2O2. The van der Waals surface area contributed by atoms with Crippen LogP contribution < -0.4 is 15.4 Å². The molecular weight excluding hydrogens is 372 g/mol. The van der Waals surface area contributed by atoms with Crippen LogP contribution in [0.25, 0.3) is 0 Å². The normalized spacial score (nSPS) is 10.4. The summed E-state index contributed by atoms with van der Waals surface area (Å²) >= 11 is 6.16. The van der Waals surface area contributed by atoms with Gasteiger partial charge in [0, 0.05) is 22.9 Å². The fraction of sp³-hybridized carbons (Fsp3) is 0.174. The molecule has 3 aromatic rings. The maximum absolute atomic E-state index is 12.1. The van der Waals surface area contributed by atoms with Crippen LogP contribution in [0.15, 0.2) is 66.7 Å². The molecule has 28 heavy (non-hydrogen) atoms. The molecule has 0 spiro atoms. The molecule has 5 heteroatoms. The predicted molar refractivity (Wildman–Crippen MR) is 115 cm³/mol. The number of rotatable bonds is 7. The Bertz CT molecular complexity index is 972. The van der Waals surface area contributed by atoms with Gasteiger partial charge in [-0.25, -0.2) is 0 Å². The maximum Gasteiger partial charge on any atom is 0.262 e.